The van der Waals surface area contributed by atoms with Gasteiger partial charge >= 0.3 is 0 Å². The quantitative estimate of drug-likeness (QED) is 0.158. The fraction of sp³-hybridized carbons (Fsp3) is 0.500. The van der Waals surface area contributed by atoms with Gasteiger partial charge in [-0.3, -0.25) is 14.9 Å². The normalized spacial score (nSPS) is 30.2. The molecule has 0 aliphatic heterocycles. The lowest BCUT2D eigenvalue weighted by Crippen LogP contribution is -2.65. The highest BCUT2D eigenvalue weighted by Crippen LogP contribution is 2.67. The molecule has 304 valence electrons. The van der Waals surface area contributed by atoms with Crippen molar-refractivity contribution in [3.05, 3.63) is 130 Å². The van der Waals surface area contributed by atoms with Gasteiger partial charge in [-0.2, -0.15) is 0 Å². The van der Waals surface area contributed by atoms with E-state index in [-0.39, 0.29) is 36.8 Å². The number of anilines is 2. The molecular formula is C52H69N3O2. The summed E-state index contributed by atoms with van der Waals surface area (Å²) >= 11 is 0. The highest BCUT2D eigenvalue weighted by Gasteiger charge is 2.65. The summed E-state index contributed by atoms with van der Waals surface area (Å²) in [5.41, 5.74) is 8.72. The van der Waals surface area contributed by atoms with Crippen LogP contribution in [0.5, 0.6) is 0 Å². The van der Waals surface area contributed by atoms with Crippen LogP contribution in [0.1, 0.15) is 136 Å². The van der Waals surface area contributed by atoms with Gasteiger partial charge in [-0.05, 0) is 145 Å². The molecule has 57 heavy (non-hydrogen) atoms. The maximum atomic E-state index is 15.1. The average Bonchev–Trinajstić information content (AvgIpc) is 3.21. The molecule has 0 radical (unpaired) electrons. The number of nitrogens with zero attached hydrogens (tertiary/aromatic N) is 1. The van der Waals surface area contributed by atoms with Crippen LogP contribution in [0, 0.1) is 22.2 Å². The van der Waals surface area contributed by atoms with E-state index in [0.29, 0.717) is 0 Å². The molecule has 2 fully saturated rings. The predicted octanol–water partition coefficient (Wildman–Crippen LogP) is 12.0. The minimum Gasteiger partial charge on any atom is -0.385 e. The number of carbonyl (C=O) groups is 2. The van der Waals surface area contributed by atoms with Gasteiger partial charge in [-0.15, -0.1) is 0 Å². The third-order valence-corrected chi connectivity index (χ3v) is 16.4. The van der Waals surface area contributed by atoms with Gasteiger partial charge in [-0.1, -0.05) is 120 Å². The third kappa shape index (κ3) is 6.43. The maximum absolute atomic E-state index is 15.1. The number of rotatable bonds is 10. The molecule has 6 atom stereocenters. The van der Waals surface area contributed by atoms with E-state index in [1.54, 1.807) is 0 Å². The molecule has 4 aromatic carbocycles. The second-order valence-electron chi connectivity index (χ2n) is 19.1. The number of benzene rings is 4. The molecule has 0 spiro atoms. The Morgan fingerprint density at radius 3 is 2.02 bits per heavy atom. The van der Waals surface area contributed by atoms with Crippen molar-refractivity contribution in [3.8, 4) is 0 Å². The number of hydrogen-bond acceptors (Lipinski definition) is 4. The summed E-state index contributed by atoms with van der Waals surface area (Å²) in [7, 11) is 0. The van der Waals surface area contributed by atoms with E-state index in [4.69, 9.17) is 0 Å². The molecule has 4 aliphatic carbocycles. The predicted molar refractivity (Wildman–Crippen MR) is 239 cm³/mol. The van der Waals surface area contributed by atoms with E-state index in [1.165, 1.54) is 39.1 Å². The SMILES string of the molecule is CCNc1ccc2c(c1)[C@@]1(C)CCC[C@](C)(C(=O)NC(=O)[C@@]3(C)CCC[C@]4(C)c5cc(N(Cc6ccccc6)Cc6ccccc6)ccc5CCC34)[C@]1(CC)CC2.[HH].[HH]. The number of aryl methyl sites for hydroxylation is 2. The lowest BCUT2D eigenvalue weighted by molar-refractivity contribution is -0.160. The zero-order chi connectivity index (χ0) is 40.1. The maximum Gasteiger partial charge on any atom is 0.233 e. The van der Waals surface area contributed by atoms with E-state index in [9.17, 15) is 0 Å². The van der Waals surface area contributed by atoms with E-state index in [0.717, 1.165) is 96.0 Å². The van der Waals surface area contributed by atoms with Gasteiger partial charge in [-0.25, -0.2) is 0 Å². The standard InChI is InChI=1S/C52H65N3O2.2H2/c1-7-52-32-27-40-21-24-41(53-8-2)33-44(40)50(52,5)30-16-31-51(52,6)47(57)54-46(56)49(4)29-15-28-48(3)43-34-42(25-22-39(43)23-26-45(48)49)55(35-37-17-11-9-12-18-37)36-38-19-13-10-14-20-38;;/h9-14,17-22,24-25,33-34,45,53H,7-8,15-16,23,26-32,35-36H2,1-6H3,(H,54,56,57);2*1H/t45?,48-,49+,50-,51-,52-;;/m1../s1. The van der Waals surface area contributed by atoms with Crippen molar-refractivity contribution in [1.29, 1.82) is 0 Å². The van der Waals surface area contributed by atoms with E-state index in [2.05, 4.69) is 154 Å². The fourth-order valence-corrected chi connectivity index (χ4v) is 13.2. The molecule has 1 unspecified atom stereocenters. The molecule has 2 amide bonds. The van der Waals surface area contributed by atoms with Crippen molar-refractivity contribution in [2.24, 2.45) is 22.2 Å². The number of nitrogens with one attached hydrogen (secondary N) is 2. The van der Waals surface area contributed by atoms with E-state index < -0.39 is 10.8 Å². The van der Waals surface area contributed by atoms with Gasteiger partial charge in [0.25, 0.3) is 0 Å². The van der Waals surface area contributed by atoms with E-state index >= 15 is 9.59 Å². The number of carbonyl (C=O) groups excluding carboxylic acids is 2. The van der Waals surface area contributed by atoms with Crippen LogP contribution in [0.15, 0.2) is 97.1 Å². The summed E-state index contributed by atoms with van der Waals surface area (Å²) in [4.78, 5) is 32.6. The molecule has 0 bridgehead atoms. The Labute approximate surface area is 345 Å². The molecule has 8 rings (SSSR count). The van der Waals surface area contributed by atoms with Crippen molar-refractivity contribution in [2.45, 2.75) is 136 Å². The van der Waals surface area contributed by atoms with Gasteiger partial charge in [0.15, 0.2) is 0 Å². The summed E-state index contributed by atoms with van der Waals surface area (Å²) in [5.74, 6) is 0.0424. The van der Waals surface area contributed by atoms with Crippen LogP contribution in [-0.4, -0.2) is 18.4 Å². The van der Waals surface area contributed by atoms with Gasteiger partial charge < -0.3 is 10.2 Å². The van der Waals surface area contributed by atoms with Gasteiger partial charge in [0.1, 0.15) is 0 Å². The first kappa shape index (κ1) is 39.4. The number of hydrogen-bond donors (Lipinski definition) is 2. The smallest absolute Gasteiger partial charge is 0.233 e. The van der Waals surface area contributed by atoms with Crippen molar-refractivity contribution < 1.29 is 12.4 Å². The highest BCUT2D eigenvalue weighted by molar-refractivity contribution is 6.01. The molecule has 0 aromatic heterocycles. The molecule has 2 saturated carbocycles. The Bertz CT molecular complexity index is 2090. The van der Waals surface area contributed by atoms with Crippen LogP contribution >= 0.6 is 0 Å². The molecule has 2 N–H and O–H groups in total. The Kier molecular flexibility index (Phi) is 10.4. The largest absolute Gasteiger partial charge is 0.385 e. The molecule has 4 aromatic rings. The third-order valence-electron chi connectivity index (χ3n) is 16.4. The van der Waals surface area contributed by atoms with Crippen molar-refractivity contribution in [1.82, 2.24) is 5.32 Å². The lowest BCUT2D eigenvalue weighted by Gasteiger charge is -2.63. The minimum atomic E-state index is -0.653. The first-order valence-corrected chi connectivity index (χ1v) is 22.1. The molecule has 5 nitrogen and oxygen atoms in total. The highest BCUT2D eigenvalue weighted by atomic mass is 16.2. The van der Waals surface area contributed by atoms with Gasteiger partial charge in [0.05, 0.1) is 10.8 Å². The Balaban J connectivity index is 0.00000293. The topological polar surface area (TPSA) is 61.4 Å². The van der Waals surface area contributed by atoms with Crippen LogP contribution < -0.4 is 15.5 Å². The fourth-order valence-electron chi connectivity index (χ4n) is 13.2. The summed E-state index contributed by atoms with van der Waals surface area (Å²) in [5, 5.41) is 6.77. The molecular weight excluding hydrogens is 699 g/mol. The van der Waals surface area contributed by atoms with E-state index in [1.807, 2.05) is 0 Å². The van der Waals surface area contributed by atoms with Crippen LogP contribution in [0.2, 0.25) is 0 Å². The van der Waals surface area contributed by atoms with Gasteiger partial charge in [0, 0.05) is 33.9 Å². The summed E-state index contributed by atoms with van der Waals surface area (Å²) in [6.07, 6.45) is 10.4. The van der Waals surface area contributed by atoms with Crippen LogP contribution in [0.4, 0.5) is 11.4 Å². The molecule has 5 heteroatoms. The Morgan fingerprint density at radius 2 is 1.35 bits per heavy atom. The first-order chi connectivity index (χ1) is 27.4. The monoisotopic (exact) mass is 768 g/mol. The Morgan fingerprint density at radius 1 is 0.702 bits per heavy atom. The van der Waals surface area contributed by atoms with Crippen LogP contribution in [0.3, 0.4) is 0 Å². The van der Waals surface area contributed by atoms with Crippen molar-refractivity contribution >= 4 is 23.2 Å². The second kappa shape index (κ2) is 15.1. The Hall–Kier alpha value is -4.38. The molecule has 0 saturated heterocycles. The zero-order valence-corrected chi connectivity index (χ0v) is 35.5. The lowest BCUT2D eigenvalue weighted by atomic mass is 9.40. The van der Waals surface area contributed by atoms with Crippen molar-refractivity contribution in [2.75, 3.05) is 16.8 Å². The minimum absolute atomic E-state index is 0. The molecule has 4 aliphatic rings. The second-order valence-corrected chi connectivity index (χ2v) is 19.1. The van der Waals surface area contributed by atoms with Crippen molar-refractivity contribution in [3.63, 3.8) is 0 Å². The number of fused-ring (bicyclic) bond motifs is 6. The zero-order valence-electron chi connectivity index (χ0n) is 35.5. The number of amides is 2. The summed E-state index contributed by atoms with van der Waals surface area (Å²) < 4.78 is 0. The number of imide groups is 1. The average molecular weight is 768 g/mol. The van der Waals surface area contributed by atoms with Crippen LogP contribution in [0.25, 0.3) is 0 Å². The summed E-state index contributed by atoms with van der Waals surface area (Å²) in [6, 6.07) is 35.5. The van der Waals surface area contributed by atoms with Crippen LogP contribution in [-0.2, 0) is 46.4 Å². The summed E-state index contributed by atoms with van der Waals surface area (Å²) in [6.45, 7) is 16.2. The molecule has 0 heterocycles. The first-order valence-electron chi connectivity index (χ1n) is 22.1. The van der Waals surface area contributed by atoms with Gasteiger partial charge in [0.2, 0.25) is 11.8 Å².